The molecule has 0 bridgehead atoms. The first kappa shape index (κ1) is 15.7. The molecule has 104 valence electrons. The molecule has 2 atom stereocenters. The van der Waals surface area contributed by atoms with Crippen LogP contribution in [0.5, 0.6) is 0 Å². The van der Waals surface area contributed by atoms with Crippen molar-refractivity contribution in [1.29, 1.82) is 0 Å². The molecule has 0 aromatic carbocycles. The van der Waals surface area contributed by atoms with E-state index in [2.05, 4.69) is 40.2 Å². The van der Waals surface area contributed by atoms with Crippen LogP contribution in [0.25, 0.3) is 0 Å². The second-order valence-electron chi connectivity index (χ2n) is 4.68. The van der Waals surface area contributed by atoms with Gasteiger partial charge in [-0.25, -0.2) is 0 Å². The molecule has 0 radical (unpaired) electrons. The SMILES string of the molecule is CCC(C)CC(NC)c1c(Br)cnn1CCOC. The van der Waals surface area contributed by atoms with E-state index in [1.807, 2.05) is 17.9 Å². The third-order valence-corrected chi connectivity index (χ3v) is 3.96. The van der Waals surface area contributed by atoms with E-state index in [0.717, 1.165) is 17.4 Å². The predicted octanol–water partition coefficient (Wildman–Crippen LogP) is 2.99. The topological polar surface area (TPSA) is 39.1 Å². The number of nitrogens with zero attached hydrogens (tertiary/aromatic N) is 2. The first-order valence-electron chi connectivity index (χ1n) is 6.51. The molecular weight excluding hydrogens is 294 g/mol. The Hall–Kier alpha value is -0.390. The number of hydrogen-bond donors (Lipinski definition) is 1. The van der Waals surface area contributed by atoms with Gasteiger partial charge in [-0.05, 0) is 35.3 Å². The lowest BCUT2D eigenvalue weighted by Crippen LogP contribution is -2.23. The highest BCUT2D eigenvalue weighted by molar-refractivity contribution is 9.10. The smallest absolute Gasteiger partial charge is 0.0696 e. The maximum Gasteiger partial charge on any atom is 0.0696 e. The molecule has 0 fully saturated rings. The summed E-state index contributed by atoms with van der Waals surface area (Å²) in [7, 11) is 3.72. The van der Waals surface area contributed by atoms with E-state index in [0.29, 0.717) is 18.6 Å². The van der Waals surface area contributed by atoms with Gasteiger partial charge in [-0.3, -0.25) is 4.68 Å². The number of rotatable bonds is 8. The Morgan fingerprint density at radius 1 is 1.56 bits per heavy atom. The fraction of sp³-hybridized carbons (Fsp3) is 0.769. The third-order valence-electron chi connectivity index (χ3n) is 3.35. The Balaban J connectivity index is 2.86. The van der Waals surface area contributed by atoms with Gasteiger partial charge in [-0.2, -0.15) is 5.10 Å². The average molecular weight is 318 g/mol. The van der Waals surface area contributed by atoms with Gasteiger partial charge in [-0.1, -0.05) is 20.3 Å². The molecule has 0 saturated carbocycles. The standard InChI is InChI=1S/C13H24BrN3O/c1-5-10(2)8-12(15-3)13-11(14)9-16-17(13)6-7-18-4/h9-10,12,15H,5-8H2,1-4H3. The molecule has 0 spiro atoms. The maximum absolute atomic E-state index is 5.13. The molecule has 0 saturated heterocycles. The summed E-state index contributed by atoms with van der Waals surface area (Å²) in [6.45, 7) is 5.99. The van der Waals surface area contributed by atoms with Crippen LogP contribution in [0, 0.1) is 5.92 Å². The van der Waals surface area contributed by atoms with Gasteiger partial charge in [0.2, 0.25) is 0 Å². The van der Waals surface area contributed by atoms with Gasteiger partial charge >= 0.3 is 0 Å². The zero-order valence-corrected chi connectivity index (χ0v) is 13.3. The summed E-state index contributed by atoms with van der Waals surface area (Å²) in [6.07, 6.45) is 4.18. The van der Waals surface area contributed by atoms with E-state index in [-0.39, 0.29) is 0 Å². The molecule has 4 nitrogen and oxygen atoms in total. The Kier molecular flexibility index (Phi) is 6.89. The van der Waals surface area contributed by atoms with Gasteiger partial charge in [0.25, 0.3) is 0 Å². The molecular formula is C13H24BrN3O. The molecule has 1 heterocycles. The van der Waals surface area contributed by atoms with Gasteiger partial charge in [0, 0.05) is 7.11 Å². The van der Waals surface area contributed by atoms with Crippen LogP contribution in [-0.4, -0.2) is 30.5 Å². The van der Waals surface area contributed by atoms with Gasteiger partial charge in [0.1, 0.15) is 0 Å². The second-order valence-corrected chi connectivity index (χ2v) is 5.54. The molecule has 1 aromatic rings. The molecule has 18 heavy (non-hydrogen) atoms. The summed E-state index contributed by atoms with van der Waals surface area (Å²) in [6, 6.07) is 0.327. The van der Waals surface area contributed by atoms with Crippen LogP contribution in [0.1, 0.15) is 38.4 Å². The number of halogens is 1. The lowest BCUT2D eigenvalue weighted by atomic mass is 9.97. The van der Waals surface area contributed by atoms with Gasteiger partial charge in [-0.15, -0.1) is 0 Å². The molecule has 0 aliphatic rings. The third kappa shape index (κ3) is 4.07. The van der Waals surface area contributed by atoms with E-state index in [1.54, 1.807) is 7.11 Å². The molecule has 0 aliphatic carbocycles. The van der Waals surface area contributed by atoms with Crippen molar-refractivity contribution in [2.24, 2.45) is 5.92 Å². The largest absolute Gasteiger partial charge is 0.383 e. The van der Waals surface area contributed by atoms with E-state index in [4.69, 9.17) is 4.74 Å². The van der Waals surface area contributed by atoms with Crippen LogP contribution in [-0.2, 0) is 11.3 Å². The minimum Gasteiger partial charge on any atom is -0.383 e. The van der Waals surface area contributed by atoms with Gasteiger partial charge in [0.05, 0.1) is 35.6 Å². The summed E-state index contributed by atoms with van der Waals surface area (Å²) in [5.41, 5.74) is 1.22. The fourth-order valence-corrected chi connectivity index (χ4v) is 2.58. The predicted molar refractivity (Wildman–Crippen MR) is 77.7 cm³/mol. The van der Waals surface area contributed by atoms with E-state index < -0.39 is 0 Å². The zero-order chi connectivity index (χ0) is 13.5. The normalized spacial score (nSPS) is 14.7. The van der Waals surface area contributed by atoms with Crippen molar-refractivity contribution >= 4 is 15.9 Å². The number of ether oxygens (including phenoxy) is 1. The second kappa shape index (κ2) is 7.92. The van der Waals surface area contributed by atoms with Crippen molar-refractivity contribution < 1.29 is 4.74 Å². The van der Waals surface area contributed by atoms with Crippen LogP contribution >= 0.6 is 15.9 Å². The Morgan fingerprint density at radius 2 is 2.28 bits per heavy atom. The van der Waals surface area contributed by atoms with Crippen molar-refractivity contribution in [3.63, 3.8) is 0 Å². The highest BCUT2D eigenvalue weighted by Gasteiger charge is 2.20. The molecule has 1 aromatic heterocycles. The highest BCUT2D eigenvalue weighted by Crippen LogP contribution is 2.28. The monoisotopic (exact) mass is 317 g/mol. The molecule has 2 unspecified atom stereocenters. The average Bonchev–Trinajstić information content (AvgIpc) is 2.74. The lowest BCUT2D eigenvalue weighted by Gasteiger charge is -2.21. The minimum atomic E-state index is 0.327. The number of nitrogens with one attached hydrogen (secondary N) is 1. The number of hydrogen-bond acceptors (Lipinski definition) is 3. The van der Waals surface area contributed by atoms with Crippen LogP contribution in [0.4, 0.5) is 0 Å². The Morgan fingerprint density at radius 3 is 2.83 bits per heavy atom. The van der Waals surface area contributed by atoms with Crippen LogP contribution < -0.4 is 5.32 Å². The van der Waals surface area contributed by atoms with E-state index in [9.17, 15) is 0 Å². The van der Waals surface area contributed by atoms with Gasteiger partial charge in [0.15, 0.2) is 0 Å². The van der Waals surface area contributed by atoms with E-state index in [1.165, 1.54) is 12.1 Å². The van der Waals surface area contributed by atoms with E-state index >= 15 is 0 Å². The van der Waals surface area contributed by atoms with Crippen molar-refractivity contribution in [3.05, 3.63) is 16.4 Å². The minimum absolute atomic E-state index is 0.327. The zero-order valence-electron chi connectivity index (χ0n) is 11.7. The first-order chi connectivity index (χ1) is 8.63. The Labute approximate surface area is 118 Å². The summed E-state index contributed by atoms with van der Waals surface area (Å²) in [5, 5.41) is 7.80. The van der Waals surface area contributed by atoms with Crippen molar-refractivity contribution in [2.75, 3.05) is 20.8 Å². The summed E-state index contributed by atoms with van der Waals surface area (Å²) in [4.78, 5) is 0. The molecule has 1 N–H and O–H groups in total. The number of aromatic nitrogens is 2. The lowest BCUT2D eigenvalue weighted by molar-refractivity contribution is 0.181. The molecule has 5 heteroatoms. The summed E-state index contributed by atoms with van der Waals surface area (Å²) in [5.74, 6) is 0.695. The highest BCUT2D eigenvalue weighted by atomic mass is 79.9. The molecule has 1 rings (SSSR count). The van der Waals surface area contributed by atoms with Gasteiger partial charge < -0.3 is 10.1 Å². The van der Waals surface area contributed by atoms with Crippen LogP contribution in [0.2, 0.25) is 0 Å². The summed E-state index contributed by atoms with van der Waals surface area (Å²) >= 11 is 3.60. The van der Waals surface area contributed by atoms with Crippen molar-refractivity contribution in [3.8, 4) is 0 Å². The number of methoxy groups -OCH3 is 1. The van der Waals surface area contributed by atoms with Crippen molar-refractivity contribution in [2.45, 2.75) is 39.3 Å². The quantitative estimate of drug-likeness (QED) is 0.801. The van der Waals surface area contributed by atoms with Crippen molar-refractivity contribution in [1.82, 2.24) is 15.1 Å². The Bertz CT molecular complexity index is 354. The maximum atomic E-state index is 5.13. The molecule has 0 aliphatic heterocycles. The van der Waals surface area contributed by atoms with Crippen LogP contribution in [0.3, 0.4) is 0 Å². The summed E-state index contributed by atoms with van der Waals surface area (Å²) < 4.78 is 8.22. The first-order valence-corrected chi connectivity index (χ1v) is 7.30. The van der Waals surface area contributed by atoms with Crippen LogP contribution in [0.15, 0.2) is 10.7 Å². The fourth-order valence-electron chi connectivity index (χ4n) is 2.01. The molecule has 0 amide bonds.